The molecular weight excluding hydrogens is 210 g/mol. The highest BCUT2D eigenvalue weighted by atomic mass is 16.5. The van der Waals surface area contributed by atoms with Gasteiger partial charge in [-0.3, -0.25) is 0 Å². The predicted octanol–water partition coefficient (Wildman–Crippen LogP) is 0.766. The minimum absolute atomic E-state index is 0.0571. The number of hydrogen-bond acceptors (Lipinski definition) is 5. The zero-order valence-electron chi connectivity index (χ0n) is 8.93. The van der Waals surface area contributed by atoms with Crippen LogP contribution in [0.15, 0.2) is 12.1 Å². The number of ether oxygens (including phenoxy) is 1. The van der Waals surface area contributed by atoms with E-state index in [4.69, 9.17) is 9.84 Å². The number of carboxylic acids is 1. The molecule has 1 aromatic heterocycles. The second-order valence-corrected chi connectivity index (χ2v) is 4.10. The number of nitrogens with one attached hydrogen (secondary N) is 1. The number of aromatic carboxylic acids is 1. The molecule has 1 fully saturated rings. The van der Waals surface area contributed by atoms with Crippen LogP contribution in [0, 0.1) is 0 Å². The Bertz CT molecular complexity index is 385. The van der Waals surface area contributed by atoms with E-state index < -0.39 is 5.97 Å². The normalized spacial score (nSPS) is 24.3. The Balaban J connectivity index is 2.07. The summed E-state index contributed by atoms with van der Waals surface area (Å²) in [5.41, 5.74) is -0.197. The molecule has 0 aliphatic carbocycles. The number of carboxylic acid groups (broad SMARTS) is 1. The quantitative estimate of drug-likeness (QED) is 0.787. The van der Waals surface area contributed by atoms with Crippen LogP contribution in [-0.4, -0.2) is 40.0 Å². The summed E-state index contributed by atoms with van der Waals surface area (Å²) in [6.07, 6.45) is 0.898. The van der Waals surface area contributed by atoms with E-state index in [0.717, 1.165) is 13.0 Å². The smallest absolute Gasteiger partial charge is 0.356 e. The van der Waals surface area contributed by atoms with Gasteiger partial charge in [0.1, 0.15) is 5.82 Å². The molecule has 86 valence electrons. The van der Waals surface area contributed by atoms with Gasteiger partial charge in [-0.25, -0.2) is 4.79 Å². The van der Waals surface area contributed by atoms with Gasteiger partial charge in [0.25, 0.3) is 0 Å². The maximum atomic E-state index is 10.6. The summed E-state index contributed by atoms with van der Waals surface area (Å²) < 4.78 is 5.29. The molecule has 1 aliphatic rings. The molecule has 6 nitrogen and oxygen atoms in total. The van der Waals surface area contributed by atoms with Crippen LogP contribution in [0.3, 0.4) is 0 Å². The fourth-order valence-corrected chi connectivity index (χ4v) is 1.59. The van der Waals surface area contributed by atoms with Gasteiger partial charge in [0, 0.05) is 6.61 Å². The summed E-state index contributed by atoms with van der Waals surface area (Å²) in [4.78, 5) is 10.6. The number of rotatable bonds is 3. The van der Waals surface area contributed by atoms with Gasteiger partial charge in [0.05, 0.1) is 12.1 Å². The lowest BCUT2D eigenvalue weighted by Crippen LogP contribution is -2.35. The van der Waals surface area contributed by atoms with Crippen LogP contribution in [0.1, 0.15) is 23.8 Å². The summed E-state index contributed by atoms with van der Waals surface area (Å²) >= 11 is 0. The van der Waals surface area contributed by atoms with Gasteiger partial charge in [-0.15, -0.1) is 10.2 Å². The molecule has 0 radical (unpaired) electrons. The predicted molar refractivity (Wildman–Crippen MR) is 56.5 cm³/mol. The van der Waals surface area contributed by atoms with Crippen LogP contribution in [-0.2, 0) is 4.74 Å². The molecule has 0 amide bonds. The summed E-state index contributed by atoms with van der Waals surface area (Å²) in [5.74, 6) is -0.507. The van der Waals surface area contributed by atoms with E-state index in [0.29, 0.717) is 12.4 Å². The number of aromatic nitrogens is 2. The van der Waals surface area contributed by atoms with Crippen LogP contribution in [0.25, 0.3) is 0 Å². The minimum atomic E-state index is -1.07. The third-order valence-corrected chi connectivity index (χ3v) is 2.53. The molecule has 16 heavy (non-hydrogen) atoms. The van der Waals surface area contributed by atoms with E-state index in [9.17, 15) is 4.79 Å². The van der Waals surface area contributed by atoms with Gasteiger partial charge in [-0.1, -0.05) is 0 Å². The molecule has 2 rings (SSSR count). The first kappa shape index (κ1) is 10.8. The summed E-state index contributed by atoms with van der Waals surface area (Å²) in [5, 5.41) is 19.3. The van der Waals surface area contributed by atoms with Gasteiger partial charge in [0.15, 0.2) is 5.69 Å². The lowest BCUT2D eigenvalue weighted by atomic mass is 10.0. The van der Waals surface area contributed by atoms with Gasteiger partial charge in [-0.05, 0) is 25.5 Å². The van der Waals surface area contributed by atoms with Gasteiger partial charge in [0.2, 0.25) is 0 Å². The standard InChI is InChI=1S/C10H13N3O3/c1-10(4-5-16-6-10)11-8-3-2-7(9(14)15)12-13-8/h2-3H,4-6H2,1H3,(H,11,13)(H,14,15). The molecule has 2 heterocycles. The van der Waals surface area contributed by atoms with Crippen molar-refractivity contribution in [3.8, 4) is 0 Å². The van der Waals surface area contributed by atoms with Crippen molar-refractivity contribution >= 4 is 11.8 Å². The molecule has 1 atom stereocenters. The molecular formula is C10H13N3O3. The molecule has 0 bridgehead atoms. The lowest BCUT2D eigenvalue weighted by molar-refractivity contribution is 0.0689. The average molecular weight is 223 g/mol. The molecule has 1 saturated heterocycles. The Kier molecular flexibility index (Phi) is 2.74. The Morgan fingerprint density at radius 2 is 2.38 bits per heavy atom. The van der Waals surface area contributed by atoms with Gasteiger partial charge >= 0.3 is 5.97 Å². The topological polar surface area (TPSA) is 84.3 Å². The fourth-order valence-electron chi connectivity index (χ4n) is 1.59. The Morgan fingerprint density at radius 1 is 1.56 bits per heavy atom. The van der Waals surface area contributed by atoms with Crippen molar-refractivity contribution in [1.82, 2.24) is 10.2 Å². The summed E-state index contributed by atoms with van der Waals surface area (Å²) in [7, 11) is 0. The largest absolute Gasteiger partial charge is 0.476 e. The molecule has 0 saturated carbocycles. The van der Waals surface area contributed by atoms with Crippen molar-refractivity contribution < 1.29 is 14.6 Å². The molecule has 6 heteroatoms. The van der Waals surface area contributed by atoms with E-state index >= 15 is 0 Å². The van der Waals surface area contributed by atoms with E-state index in [1.54, 1.807) is 6.07 Å². The third kappa shape index (κ3) is 2.27. The Morgan fingerprint density at radius 3 is 2.88 bits per heavy atom. The van der Waals surface area contributed by atoms with Crippen molar-refractivity contribution in [2.45, 2.75) is 18.9 Å². The SMILES string of the molecule is CC1(Nc2ccc(C(=O)O)nn2)CCOC1. The summed E-state index contributed by atoms with van der Waals surface area (Å²) in [6, 6.07) is 3.04. The Labute approximate surface area is 92.6 Å². The number of carbonyl (C=O) groups is 1. The second-order valence-electron chi connectivity index (χ2n) is 4.10. The molecule has 1 unspecified atom stereocenters. The molecule has 1 aliphatic heterocycles. The van der Waals surface area contributed by atoms with Gasteiger partial charge < -0.3 is 15.2 Å². The first-order valence-corrected chi connectivity index (χ1v) is 5.02. The molecule has 0 aromatic carbocycles. The molecule has 1 aromatic rings. The van der Waals surface area contributed by atoms with Crippen molar-refractivity contribution in [3.63, 3.8) is 0 Å². The van der Waals surface area contributed by atoms with Crippen molar-refractivity contribution in [2.75, 3.05) is 18.5 Å². The van der Waals surface area contributed by atoms with Crippen LogP contribution in [0.4, 0.5) is 5.82 Å². The Hall–Kier alpha value is -1.69. The van der Waals surface area contributed by atoms with Crippen LogP contribution in [0.5, 0.6) is 0 Å². The highest BCUT2D eigenvalue weighted by Crippen LogP contribution is 2.22. The minimum Gasteiger partial charge on any atom is -0.476 e. The van der Waals surface area contributed by atoms with Crippen molar-refractivity contribution in [1.29, 1.82) is 0 Å². The second kappa shape index (κ2) is 4.05. The maximum absolute atomic E-state index is 10.6. The average Bonchev–Trinajstić information content (AvgIpc) is 2.65. The number of nitrogens with zero attached hydrogens (tertiary/aromatic N) is 2. The van der Waals surface area contributed by atoms with Crippen LogP contribution < -0.4 is 5.32 Å². The highest BCUT2D eigenvalue weighted by Gasteiger charge is 2.29. The summed E-state index contributed by atoms with van der Waals surface area (Å²) in [6.45, 7) is 3.38. The fraction of sp³-hybridized carbons (Fsp3) is 0.500. The monoisotopic (exact) mass is 223 g/mol. The first-order valence-electron chi connectivity index (χ1n) is 5.02. The molecule has 0 spiro atoms. The lowest BCUT2D eigenvalue weighted by Gasteiger charge is -2.23. The van der Waals surface area contributed by atoms with E-state index in [2.05, 4.69) is 15.5 Å². The van der Waals surface area contributed by atoms with Gasteiger partial charge in [-0.2, -0.15) is 0 Å². The van der Waals surface area contributed by atoms with E-state index in [-0.39, 0.29) is 11.2 Å². The number of hydrogen-bond donors (Lipinski definition) is 2. The van der Waals surface area contributed by atoms with Crippen LogP contribution >= 0.6 is 0 Å². The zero-order valence-corrected chi connectivity index (χ0v) is 8.93. The zero-order chi connectivity index (χ0) is 11.6. The molecule has 2 N–H and O–H groups in total. The van der Waals surface area contributed by atoms with E-state index in [1.165, 1.54) is 6.07 Å². The number of anilines is 1. The van der Waals surface area contributed by atoms with Crippen molar-refractivity contribution in [3.05, 3.63) is 17.8 Å². The van der Waals surface area contributed by atoms with E-state index in [1.807, 2.05) is 6.92 Å². The first-order chi connectivity index (χ1) is 7.59. The highest BCUT2D eigenvalue weighted by molar-refractivity contribution is 5.85. The maximum Gasteiger partial charge on any atom is 0.356 e. The van der Waals surface area contributed by atoms with Crippen molar-refractivity contribution in [2.24, 2.45) is 0 Å². The van der Waals surface area contributed by atoms with Crippen LogP contribution in [0.2, 0.25) is 0 Å². The third-order valence-electron chi connectivity index (χ3n) is 2.53.